The maximum Gasteiger partial charge on any atom is 0.223 e. The molecular formula is C17H20BrNO2. The molecule has 0 spiro atoms. The van der Waals surface area contributed by atoms with Gasteiger partial charge in [0, 0.05) is 23.6 Å². The first-order valence-electron chi connectivity index (χ1n) is 7.20. The van der Waals surface area contributed by atoms with Crippen LogP contribution in [-0.2, 0) is 11.9 Å². The molecule has 0 aliphatic rings. The molecule has 0 amide bonds. The molecule has 0 N–H and O–H groups in total. The van der Waals surface area contributed by atoms with Crippen LogP contribution in [-0.4, -0.2) is 11.2 Å². The van der Waals surface area contributed by atoms with Gasteiger partial charge in [-0.15, -0.1) is 0 Å². The maximum absolute atomic E-state index is 12.0. The second-order valence-electron chi connectivity index (χ2n) is 4.94. The summed E-state index contributed by atoms with van der Waals surface area (Å²) in [6, 6.07) is 11.8. The summed E-state index contributed by atoms with van der Waals surface area (Å²) in [6.45, 7) is 3.42. The molecule has 0 radical (unpaired) electrons. The number of ether oxygens (including phenoxy) is 1. The van der Waals surface area contributed by atoms with E-state index in [4.69, 9.17) is 4.74 Å². The number of halogens is 1. The summed E-state index contributed by atoms with van der Waals surface area (Å²) in [5, 5.41) is 0.643. The minimum atomic E-state index is -0.0511. The molecule has 0 saturated carbocycles. The van der Waals surface area contributed by atoms with Crippen molar-refractivity contribution in [3.8, 4) is 5.75 Å². The third-order valence-electron chi connectivity index (χ3n) is 3.27. The Balaban J connectivity index is 2.25. The highest BCUT2D eigenvalue weighted by atomic mass is 79.9. The normalized spacial score (nSPS) is 10.6. The average molecular weight is 350 g/mol. The third-order valence-corrected chi connectivity index (χ3v) is 3.85. The highest BCUT2D eigenvalue weighted by Crippen LogP contribution is 2.13. The minimum absolute atomic E-state index is 0.0511. The minimum Gasteiger partial charge on any atom is -0.488 e. The monoisotopic (exact) mass is 349 g/mol. The Bertz CT molecular complexity index is 622. The Morgan fingerprint density at radius 3 is 2.67 bits per heavy atom. The predicted octanol–water partition coefficient (Wildman–Crippen LogP) is 3.97. The van der Waals surface area contributed by atoms with E-state index in [-0.39, 0.29) is 5.43 Å². The van der Waals surface area contributed by atoms with Crippen molar-refractivity contribution in [1.82, 2.24) is 4.57 Å². The topological polar surface area (TPSA) is 31.2 Å². The number of pyridine rings is 1. The molecule has 1 heterocycles. The van der Waals surface area contributed by atoms with Crippen molar-refractivity contribution in [2.45, 2.75) is 31.6 Å². The zero-order valence-corrected chi connectivity index (χ0v) is 13.8. The molecule has 0 saturated heterocycles. The molecule has 0 fully saturated rings. The number of hydrogen-bond donors (Lipinski definition) is 0. The molecule has 2 aromatic rings. The van der Waals surface area contributed by atoms with Crippen LogP contribution < -0.4 is 10.2 Å². The van der Waals surface area contributed by atoms with Crippen molar-refractivity contribution in [2.75, 3.05) is 6.61 Å². The first-order valence-corrected chi connectivity index (χ1v) is 8.32. The van der Waals surface area contributed by atoms with Gasteiger partial charge in [0.1, 0.15) is 0 Å². The Morgan fingerprint density at radius 1 is 1.24 bits per heavy atom. The number of alkyl halides is 1. The van der Waals surface area contributed by atoms with E-state index < -0.39 is 0 Å². The number of benzene rings is 1. The first kappa shape index (κ1) is 15.8. The van der Waals surface area contributed by atoms with Crippen LogP contribution >= 0.6 is 15.9 Å². The lowest BCUT2D eigenvalue weighted by molar-refractivity contribution is 0.303. The quantitative estimate of drug-likeness (QED) is 0.559. The van der Waals surface area contributed by atoms with E-state index in [0.29, 0.717) is 17.7 Å². The van der Waals surface area contributed by atoms with Crippen LogP contribution in [0.1, 0.15) is 31.0 Å². The van der Waals surface area contributed by atoms with Gasteiger partial charge in [0.05, 0.1) is 12.8 Å². The van der Waals surface area contributed by atoms with Crippen molar-refractivity contribution in [3.63, 3.8) is 0 Å². The van der Waals surface area contributed by atoms with E-state index in [0.717, 1.165) is 25.1 Å². The fourth-order valence-electron chi connectivity index (χ4n) is 2.07. The highest BCUT2D eigenvalue weighted by molar-refractivity contribution is 9.08. The molecule has 1 aromatic carbocycles. The molecule has 0 bridgehead atoms. The molecule has 0 unspecified atom stereocenters. The molecule has 0 aliphatic carbocycles. The SMILES string of the molecule is CCCCOc1cn(Cc2ccccc2)c(CBr)cc1=O. The number of rotatable bonds is 7. The first-order chi connectivity index (χ1) is 10.2. The van der Waals surface area contributed by atoms with Crippen molar-refractivity contribution >= 4 is 15.9 Å². The van der Waals surface area contributed by atoms with Gasteiger partial charge in [0.25, 0.3) is 0 Å². The molecule has 3 nitrogen and oxygen atoms in total. The summed E-state index contributed by atoms with van der Waals surface area (Å²) >= 11 is 3.44. The second-order valence-corrected chi connectivity index (χ2v) is 5.50. The zero-order valence-electron chi connectivity index (χ0n) is 12.2. The summed E-state index contributed by atoms with van der Waals surface area (Å²) in [4.78, 5) is 12.0. The van der Waals surface area contributed by atoms with Gasteiger partial charge in [0.2, 0.25) is 5.43 Å². The second kappa shape index (κ2) is 8.03. The van der Waals surface area contributed by atoms with E-state index in [2.05, 4.69) is 39.6 Å². The van der Waals surface area contributed by atoms with E-state index in [1.165, 1.54) is 5.56 Å². The smallest absolute Gasteiger partial charge is 0.223 e. The van der Waals surface area contributed by atoms with Gasteiger partial charge in [0.15, 0.2) is 5.75 Å². The van der Waals surface area contributed by atoms with Crippen LogP contribution in [0.5, 0.6) is 5.75 Å². The fraction of sp³-hybridized carbons (Fsp3) is 0.353. The van der Waals surface area contributed by atoms with Crippen molar-refractivity contribution < 1.29 is 4.74 Å². The summed E-state index contributed by atoms with van der Waals surface area (Å²) in [6.07, 6.45) is 3.83. The maximum atomic E-state index is 12.0. The lowest BCUT2D eigenvalue weighted by Gasteiger charge is -2.14. The van der Waals surface area contributed by atoms with Crippen molar-refractivity contribution in [2.24, 2.45) is 0 Å². The Hall–Kier alpha value is -1.55. The zero-order chi connectivity index (χ0) is 15.1. The Labute approximate surface area is 133 Å². The Kier molecular flexibility index (Phi) is 6.05. The molecule has 0 aliphatic heterocycles. The van der Waals surface area contributed by atoms with E-state index >= 15 is 0 Å². The van der Waals surface area contributed by atoms with E-state index in [1.54, 1.807) is 6.07 Å². The number of nitrogens with zero attached hydrogens (tertiary/aromatic N) is 1. The van der Waals surface area contributed by atoms with Gasteiger partial charge >= 0.3 is 0 Å². The average Bonchev–Trinajstić information content (AvgIpc) is 2.51. The largest absolute Gasteiger partial charge is 0.488 e. The summed E-state index contributed by atoms with van der Waals surface area (Å²) < 4.78 is 7.67. The summed E-state index contributed by atoms with van der Waals surface area (Å²) in [5.74, 6) is 0.434. The molecule has 4 heteroatoms. The van der Waals surface area contributed by atoms with Crippen LogP contribution in [0.15, 0.2) is 47.4 Å². The lowest BCUT2D eigenvalue weighted by Crippen LogP contribution is -2.15. The van der Waals surface area contributed by atoms with Crippen LogP contribution in [0.4, 0.5) is 0 Å². The van der Waals surface area contributed by atoms with Gasteiger partial charge < -0.3 is 9.30 Å². The van der Waals surface area contributed by atoms with Crippen molar-refractivity contribution in [1.29, 1.82) is 0 Å². The molecule has 1 aromatic heterocycles. The number of aromatic nitrogens is 1. The van der Waals surface area contributed by atoms with E-state index in [1.807, 2.05) is 24.4 Å². The molecular weight excluding hydrogens is 330 g/mol. The standard InChI is InChI=1S/C17H20BrNO2/c1-2-3-9-21-17-13-19(15(11-18)10-16(17)20)12-14-7-5-4-6-8-14/h4-8,10,13H,2-3,9,11-12H2,1H3. The molecule has 21 heavy (non-hydrogen) atoms. The third kappa shape index (κ3) is 4.46. The van der Waals surface area contributed by atoms with Gasteiger partial charge in [-0.25, -0.2) is 0 Å². The lowest BCUT2D eigenvalue weighted by atomic mass is 10.2. The van der Waals surface area contributed by atoms with Crippen LogP contribution in [0.2, 0.25) is 0 Å². The van der Waals surface area contributed by atoms with Crippen LogP contribution in [0, 0.1) is 0 Å². The molecule has 112 valence electrons. The summed E-state index contributed by atoms with van der Waals surface area (Å²) in [5.41, 5.74) is 2.10. The van der Waals surface area contributed by atoms with Gasteiger partial charge in [-0.3, -0.25) is 4.79 Å². The van der Waals surface area contributed by atoms with Crippen LogP contribution in [0.25, 0.3) is 0 Å². The molecule has 0 atom stereocenters. The summed E-state index contributed by atoms with van der Waals surface area (Å²) in [7, 11) is 0. The van der Waals surface area contributed by atoms with Crippen LogP contribution in [0.3, 0.4) is 0 Å². The Morgan fingerprint density at radius 2 is 2.00 bits per heavy atom. The number of unbranched alkanes of at least 4 members (excludes halogenated alkanes) is 1. The number of hydrogen-bond acceptors (Lipinski definition) is 2. The van der Waals surface area contributed by atoms with Gasteiger partial charge in [-0.1, -0.05) is 59.6 Å². The fourth-order valence-corrected chi connectivity index (χ4v) is 2.55. The van der Waals surface area contributed by atoms with E-state index in [9.17, 15) is 4.79 Å². The molecule has 2 rings (SSSR count). The van der Waals surface area contributed by atoms with Crippen molar-refractivity contribution in [3.05, 3.63) is 64.1 Å². The highest BCUT2D eigenvalue weighted by Gasteiger charge is 2.07. The van der Waals surface area contributed by atoms with Gasteiger partial charge in [-0.2, -0.15) is 0 Å². The van der Waals surface area contributed by atoms with Gasteiger partial charge in [-0.05, 0) is 12.0 Å². The predicted molar refractivity (Wildman–Crippen MR) is 89.3 cm³/mol.